The third kappa shape index (κ3) is 5.19. The molecule has 0 atom stereocenters. The summed E-state index contributed by atoms with van der Waals surface area (Å²) in [4.78, 5) is 23.9. The van der Waals surface area contributed by atoms with Gasteiger partial charge in [-0.3, -0.25) is 4.79 Å². The molecule has 0 fully saturated rings. The molecule has 8 heteroatoms. The largest absolute Gasteiger partial charge is 0.497 e. The van der Waals surface area contributed by atoms with Crippen molar-refractivity contribution in [1.82, 2.24) is 0 Å². The molecule has 2 aromatic rings. The van der Waals surface area contributed by atoms with Crippen molar-refractivity contribution in [3.8, 4) is 17.2 Å². The number of esters is 1. The molecule has 0 saturated heterocycles. The number of benzene rings is 2. The zero-order valence-corrected chi connectivity index (χ0v) is 15.7. The highest BCUT2D eigenvalue weighted by Crippen LogP contribution is 2.25. The molecule has 0 amide bonds. The summed E-state index contributed by atoms with van der Waals surface area (Å²) in [5.41, 5.74) is 0.251. The molecule has 0 aliphatic heterocycles. The molecular formula is C18H16BrFO6. The second kappa shape index (κ2) is 9.19. The highest BCUT2D eigenvalue weighted by Gasteiger charge is 2.16. The summed E-state index contributed by atoms with van der Waals surface area (Å²) in [7, 11) is 2.91. The van der Waals surface area contributed by atoms with Gasteiger partial charge in [-0.05, 0) is 30.3 Å². The third-order valence-electron chi connectivity index (χ3n) is 3.31. The number of hydrogen-bond acceptors (Lipinski definition) is 6. The van der Waals surface area contributed by atoms with E-state index in [1.165, 1.54) is 32.4 Å². The van der Waals surface area contributed by atoms with Gasteiger partial charge in [-0.2, -0.15) is 0 Å². The molecule has 2 aromatic carbocycles. The second-order valence-electron chi connectivity index (χ2n) is 5.01. The minimum absolute atomic E-state index is 0.0895. The number of carbonyl (C=O) groups is 2. The fraction of sp³-hybridized carbons (Fsp3) is 0.222. The van der Waals surface area contributed by atoms with Crippen LogP contribution < -0.4 is 14.2 Å². The normalized spacial score (nSPS) is 10.2. The molecular weight excluding hydrogens is 411 g/mol. The van der Waals surface area contributed by atoms with Gasteiger partial charge >= 0.3 is 5.97 Å². The minimum Gasteiger partial charge on any atom is -0.497 e. The molecule has 0 aromatic heterocycles. The van der Waals surface area contributed by atoms with Crippen LogP contribution >= 0.6 is 15.9 Å². The van der Waals surface area contributed by atoms with Gasteiger partial charge in [0.2, 0.25) is 5.78 Å². The van der Waals surface area contributed by atoms with E-state index in [4.69, 9.17) is 18.9 Å². The molecule has 2 rings (SSSR count). The van der Waals surface area contributed by atoms with Crippen LogP contribution in [0.15, 0.2) is 40.9 Å². The molecule has 0 N–H and O–H groups in total. The summed E-state index contributed by atoms with van der Waals surface area (Å²) in [6.07, 6.45) is 0. The molecule has 6 nitrogen and oxygen atoms in total. The maximum atomic E-state index is 13.6. The Hall–Kier alpha value is -2.61. The molecule has 0 unspecified atom stereocenters. The lowest BCUT2D eigenvalue weighted by atomic mass is 10.1. The SMILES string of the molecule is COc1ccc(C(=O)COC(=O)COc2ccc(Br)cc2F)c(OC)c1. The Morgan fingerprint density at radius 2 is 1.77 bits per heavy atom. The molecule has 0 radical (unpaired) electrons. The Morgan fingerprint density at radius 3 is 2.42 bits per heavy atom. The van der Waals surface area contributed by atoms with Crippen molar-refractivity contribution in [3.05, 3.63) is 52.3 Å². The average Bonchev–Trinajstić information content (AvgIpc) is 2.64. The van der Waals surface area contributed by atoms with Crippen LogP contribution in [0.25, 0.3) is 0 Å². The number of ketones is 1. The first-order valence-corrected chi connectivity index (χ1v) is 8.22. The molecule has 138 valence electrons. The Balaban J connectivity index is 1.89. The number of methoxy groups -OCH3 is 2. The molecule has 0 spiro atoms. The Bertz CT molecular complexity index is 808. The predicted octanol–water partition coefficient (Wildman–Crippen LogP) is 3.41. The maximum Gasteiger partial charge on any atom is 0.344 e. The average molecular weight is 427 g/mol. The van der Waals surface area contributed by atoms with Gasteiger partial charge in [-0.25, -0.2) is 9.18 Å². The van der Waals surface area contributed by atoms with Crippen LogP contribution in [0.2, 0.25) is 0 Å². The summed E-state index contributed by atoms with van der Waals surface area (Å²) < 4.78 is 34.2. The van der Waals surface area contributed by atoms with Crippen molar-refractivity contribution in [1.29, 1.82) is 0 Å². The highest BCUT2D eigenvalue weighted by atomic mass is 79.9. The van der Waals surface area contributed by atoms with Gasteiger partial charge in [0, 0.05) is 10.5 Å². The van der Waals surface area contributed by atoms with Crippen molar-refractivity contribution in [2.45, 2.75) is 0 Å². The van der Waals surface area contributed by atoms with Crippen LogP contribution in [0.4, 0.5) is 4.39 Å². The fourth-order valence-electron chi connectivity index (χ4n) is 2.02. The monoisotopic (exact) mass is 426 g/mol. The molecule has 0 aliphatic rings. The standard InChI is InChI=1S/C18H16BrFO6/c1-23-12-4-5-13(17(8-12)24-2)15(21)9-26-18(22)10-25-16-6-3-11(19)7-14(16)20/h3-8H,9-10H2,1-2H3. The molecule has 0 saturated carbocycles. The number of rotatable bonds is 8. The molecule has 26 heavy (non-hydrogen) atoms. The Morgan fingerprint density at radius 1 is 1.00 bits per heavy atom. The summed E-state index contributed by atoms with van der Waals surface area (Å²) >= 11 is 3.12. The zero-order valence-electron chi connectivity index (χ0n) is 14.1. The van der Waals surface area contributed by atoms with E-state index in [0.717, 1.165) is 0 Å². The number of hydrogen-bond donors (Lipinski definition) is 0. The van der Waals surface area contributed by atoms with Crippen LogP contribution in [0.5, 0.6) is 17.2 Å². The van der Waals surface area contributed by atoms with Crippen LogP contribution in [0.3, 0.4) is 0 Å². The van der Waals surface area contributed by atoms with Crippen LogP contribution in [-0.2, 0) is 9.53 Å². The van der Waals surface area contributed by atoms with Crippen LogP contribution in [-0.4, -0.2) is 39.2 Å². The van der Waals surface area contributed by atoms with E-state index in [0.29, 0.717) is 16.0 Å². The van der Waals surface area contributed by atoms with Gasteiger partial charge in [-0.1, -0.05) is 15.9 Å². The van der Waals surface area contributed by atoms with Gasteiger partial charge in [0.25, 0.3) is 0 Å². The first-order valence-electron chi connectivity index (χ1n) is 7.43. The van der Waals surface area contributed by atoms with Gasteiger partial charge in [0.1, 0.15) is 11.5 Å². The van der Waals surface area contributed by atoms with E-state index in [-0.39, 0.29) is 11.3 Å². The van der Waals surface area contributed by atoms with Crippen molar-refractivity contribution in [2.75, 3.05) is 27.4 Å². The van der Waals surface area contributed by atoms with Gasteiger partial charge in [-0.15, -0.1) is 0 Å². The number of carbonyl (C=O) groups excluding carboxylic acids is 2. The second-order valence-corrected chi connectivity index (χ2v) is 5.93. The number of halogens is 2. The lowest BCUT2D eigenvalue weighted by molar-refractivity contribution is -0.144. The first-order chi connectivity index (χ1) is 12.4. The van der Waals surface area contributed by atoms with Gasteiger partial charge in [0.15, 0.2) is 24.8 Å². The Labute approximate surface area is 157 Å². The Kier molecular flexibility index (Phi) is 6.97. The zero-order chi connectivity index (χ0) is 19.1. The predicted molar refractivity (Wildman–Crippen MR) is 94.4 cm³/mol. The van der Waals surface area contributed by atoms with E-state index in [9.17, 15) is 14.0 Å². The van der Waals surface area contributed by atoms with E-state index in [2.05, 4.69) is 15.9 Å². The highest BCUT2D eigenvalue weighted by molar-refractivity contribution is 9.10. The van der Waals surface area contributed by atoms with Crippen molar-refractivity contribution < 1.29 is 32.9 Å². The van der Waals surface area contributed by atoms with Crippen molar-refractivity contribution in [2.24, 2.45) is 0 Å². The van der Waals surface area contributed by atoms with E-state index in [1.807, 2.05) is 0 Å². The van der Waals surface area contributed by atoms with Gasteiger partial charge in [0.05, 0.1) is 19.8 Å². The fourth-order valence-corrected chi connectivity index (χ4v) is 2.36. The topological polar surface area (TPSA) is 71.1 Å². The molecule has 0 aliphatic carbocycles. The van der Waals surface area contributed by atoms with Crippen LogP contribution in [0.1, 0.15) is 10.4 Å². The summed E-state index contributed by atoms with van der Waals surface area (Å²) in [6.45, 7) is -1.01. The summed E-state index contributed by atoms with van der Waals surface area (Å²) in [5.74, 6) is -1.13. The van der Waals surface area contributed by atoms with E-state index in [1.54, 1.807) is 18.2 Å². The molecule has 0 heterocycles. The van der Waals surface area contributed by atoms with Crippen LogP contribution in [0, 0.1) is 5.82 Å². The summed E-state index contributed by atoms with van der Waals surface area (Å²) in [5, 5.41) is 0. The number of Topliss-reactive ketones (excluding diaryl/α,β-unsaturated/α-hetero) is 1. The summed E-state index contributed by atoms with van der Waals surface area (Å²) in [6, 6.07) is 8.82. The lowest BCUT2D eigenvalue weighted by Crippen LogP contribution is -2.20. The quantitative estimate of drug-likeness (QED) is 0.475. The minimum atomic E-state index is -0.798. The smallest absolute Gasteiger partial charge is 0.344 e. The van der Waals surface area contributed by atoms with Crippen molar-refractivity contribution in [3.63, 3.8) is 0 Å². The van der Waals surface area contributed by atoms with E-state index >= 15 is 0 Å². The molecule has 0 bridgehead atoms. The van der Waals surface area contributed by atoms with Crippen molar-refractivity contribution >= 4 is 27.7 Å². The lowest BCUT2D eigenvalue weighted by Gasteiger charge is -2.10. The third-order valence-corrected chi connectivity index (χ3v) is 3.81. The van der Waals surface area contributed by atoms with Gasteiger partial charge < -0.3 is 18.9 Å². The first kappa shape index (κ1) is 19.7. The van der Waals surface area contributed by atoms with E-state index < -0.39 is 30.8 Å². The maximum absolute atomic E-state index is 13.6. The number of ether oxygens (including phenoxy) is 4.